The van der Waals surface area contributed by atoms with Crippen molar-refractivity contribution in [1.82, 2.24) is 10.2 Å². The van der Waals surface area contributed by atoms with Crippen LogP contribution in [0.15, 0.2) is 18.2 Å². The maximum atomic E-state index is 12.0. The van der Waals surface area contributed by atoms with E-state index in [2.05, 4.69) is 35.3 Å². The van der Waals surface area contributed by atoms with E-state index in [-0.39, 0.29) is 5.91 Å². The van der Waals surface area contributed by atoms with Crippen molar-refractivity contribution in [2.75, 3.05) is 26.2 Å². The first-order valence-corrected chi connectivity index (χ1v) is 12.5. The number of hydrogen-bond acceptors (Lipinski definition) is 3. The van der Waals surface area contributed by atoms with Gasteiger partial charge in [-0.2, -0.15) is 0 Å². The van der Waals surface area contributed by atoms with Crippen molar-refractivity contribution in [2.45, 2.75) is 89.5 Å². The Bertz CT molecular complexity index is 688. The molecule has 2 fully saturated rings. The van der Waals surface area contributed by atoms with Crippen molar-refractivity contribution in [2.24, 2.45) is 5.92 Å². The molecule has 2 aliphatic heterocycles. The number of benzene rings is 1. The first-order chi connectivity index (χ1) is 14.7. The molecular weight excluding hydrogens is 372 g/mol. The Labute approximate surface area is 182 Å². The lowest BCUT2D eigenvalue weighted by molar-refractivity contribution is -0.122. The summed E-state index contributed by atoms with van der Waals surface area (Å²) in [5.74, 6) is 2.96. The second-order valence-corrected chi connectivity index (χ2v) is 9.72. The van der Waals surface area contributed by atoms with Crippen molar-refractivity contribution in [3.8, 4) is 5.75 Å². The van der Waals surface area contributed by atoms with E-state index in [1.165, 1.54) is 70.1 Å². The fraction of sp³-hybridized carbons (Fsp3) is 0.731. The number of likely N-dealkylation sites (tertiary alicyclic amines) is 1. The van der Waals surface area contributed by atoms with Gasteiger partial charge in [0, 0.05) is 24.4 Å². The van der Waals surface area contributed by atoms with Gasteiger partial charge in [0.15, 0.2) is 0 Å². The molecule has 1 aromatic rings. The van der Waals surface area contributed by atoms with Crippen LogP contribution in [0.3, 0.4) is 0 Å². The van der Waals surface area contributed by atoms with Crippen molar-refractivity contribution < 1.29 is 9.53 Å². The molecule has 0 radical (unpaired) electrons. The van der Waals surface area contributed by atoms with Crippen molar-refractivity contribution in [3.63, 3.8) is 0 Å². The molecule has 1 aromatic carbocycles. The Kier molecular flexibility index (Phi) is 7.70. The van der Waals surface area contributed by atoms with E-state index in [1.807, 2.05) is 0 Å². The van der Waals surface area contributed by atoms with Gasteiger partial charge in [0.1, 0.15) is 5.75 Å². The molecule has 1 saturated heterocycles. The lowest BCUT2D eigenvalue weighted by atomic mass is 9.83. The number of unbranched alkanes of at least 4 members (excludes halogenated alkanes) is 1. The van der Waals surface area contributed by atoms with Gasteiger partial charge in [-0.1, -0.05) is 25.5 Å². The largest absolute Gasteiger partial charge is 0.493 e. The predicted octanol–water partition coefficient (Wildman–Crippen LogP) is 5.06. The van der Waals surface area contributed by atoms with Crippen LogP contribution in [0.1, 0.15) is 88.2 Å². The van der Waals surface area contributed by atoms with Crippen LogP contribution in [0.5, 0.6) is 5.75 Å². The molecule has 2 heterocycles. The van der Waals surface area contributed by atoms with Crippen LogP contribution in [0.4, 0.5) is 0 Å². The average Bonchev–Trinajstić information content (AvgIpc) is 3.27. The summed E-state index contributed by atoms with van der Waals surface area (Å²) in [6.45, 7) is 6.72. The molecule has 30 heavy (non-hydrogen) atoms. The highest BCUT2D eigenvalue weighted by atomic mass is 16.5. The van der Waals surface area contributed by atoms with Crippen molar-refractivity contribution in [3.05, 3.63) is 29.3 Å². The molecule has 0 spiro atoms. The molecule has 4 heteroatoms. The number of piperidine rings is 1. The molecule has 166 valence electrons. The van der Waals surface area contributed by atoms with E-state index in [0.717, 1.165) is 37.5 Å². The maximum absolute atomic E-state index is 12.0. The third-order valence-electron chi connectivity index (χ3n) is 7.63. The summed E-state index contributed by atoms with van der Waals surface area (Å²) in [7, 11) is 0. The summed E-state index contributed by atoms with van der Waals surface area (Å²) < 4.78 is 5.77. The van der Waals surface area contributed by atoms with Gasteiger partial charge in [0.2, 0.25) is 5.91 Å². The van der Waals surface area contributed by atoms with E-state index < -0.39 is 0 Å². The average molecular weight is 413 g/mol. The molecule has 0 aromatic heterocycles. The van der Waals surface area contributed by atoms with Gasteiger partial charge in [-0.05, 0) is 94.5 Å². The lowest BCUT2D eigenvalue weighted by Gasteiger charge is -2.35. The Hall–Kier alpha value is -1.55. The maximum Gasteiger partial charge on any atom is 0.220 e. The molecule has 0 unspecified atom stereocenters. The minimum atomic E-state index is 0.263. The number of nitrogens with zero attached hydrogens (tertiary/aromatic N) is 1. The third kappa shape index (κ3) is 5.57. The number of hydrogen-bond donors (Lipinski definition) is 1. The van der Waals surface area contributed by atoms with Gasteiger partial charge < -0.3 is 15.0 Å². The molecule has 4 rings (SSSR count). The third-order valence-corrected chi connectivity index (χ3v) is 7.63. The monoisotopic (exact) mass is 412 g/mol. The lowest BCUT2D eigenvalue weighted by Crippen LogP contribution is -2.38. The molecule has 0 atom stereocenters. The molecular formula is C26H40N2O2. The summed E-state index contributed by atoms with van der Waals surface area (Å²) in [4.78, 5) is 14.6. The van der Waals surface area contributed by atoms with Crippen LogP contribution in [-0.4, -0.2) is 43.1 Å². The summed E-state index contributed by atoms with van der Waals surface area (Å²) >= 11 is 0. The van der Waals surface area contributed by atoms with E-state index in [0.29, 0.717) is 18.4 Å². The molecule has 1 saturated carbocycles. The summed E-state index contributed by atoms with van der Waals surface area (Å²) in [6, 6.07) is 7.08. The number of amides is 1. The van der Waals surface area contributed by atoms with Gasteiger partial charge in [-0.25, -0.2) is 0 Å². The number of carbonyl (C=O) groups is 1. The highest BCUT2D eigenvalue weighted by Gasteiger charge is 2.27. The molecule has 0 bridgehead atoms. The number of ether oxygens (including phenoxy) is 1. The van der Waals surface area contributed by atoms with Gasteiger partial charge >= 0.3 is 0 Å². The number of nitrogens with one attached hydrogen (secondary N) is 1. The zero-order valence-electron chi connectivity index (χ0n) is 18.8. The summed E-state index contributed by atoms with van der Waals surface area (Å²) in [5, 5.41) is 3.26. The van der Waals surface area contributed by atoms with E-state index in [9.17, 15) is 4.79 Å². The minimum absolute atomic E-state index is 0.263. The zero-order chi connectivity index (χ0) is 20.8. The van der Waals surface area contributed by atoms with Crippen LogP contribution in [0, 0.1) is 5.92 Å². The highest BCUT2D eigenvalue weighted by molar-refractivity contribution is 5.76. The second kappa shape index (κ2) is 10.7. The quantitative estimate of drug-likeness (QED) is 0.649. The molecule has 1 amide bonds. The number of carbonyl (C=O) groups excluding carboxylic acids is 1. The standard InChI is InChI=1S/C26H40N2O2/c1-2-3-7-26(29)27-22-10-8-20(9-11-22)12-16-28-17-13-21(14-18-28)23-5-4-6-25-24(23)15-19-30-25/h4-6,20-22H,2-3,7-19H2,1H3,(H,27,29)/t20-,22-. The first kappa shape index (κ1) is 21.7. The Morgan fingerprint density at radius 2 is 1.93 bits per heavy atom. The van der Waals surface area contributed by atoms with Crippen molar-refractivity contribution in [1.29, 1.82) is 0 Å². The summed E-state index contributed by atoms with van der Waals surface area (Å²) in [6.07, 6.45) is 12.7. The predicted molar refractivity (Wildman–Crippen MR) is 122 cm³/mol. The number of rotatable bonds is 8. The van der Waals surface area contributed by atoms with E-state index in [4.69, 9.17) is 4.74 Å². The first-order valence-electron chi connectivity index (χ1n) is 12.5. The van der Waals surface area contributed by atoms with Crippen LogP contribution >= 0.6 is 0 Å². The van der Waals surface area contributed by atoms with E-state index in [1.54, 1.807) is 5.56 Å². The Balaban J connectivity index is 1.14. The van der Waals surface area contributed by atoms with Crippen molar-refractivity contribution >= 4 is 5.91 Å². The van der Waals surface area contributed by atoms with Crippen LogP contribution in [0.25, 0.3) is 0 Å². The van der Waals surface area contributed by atoms with E-state index >= 15 is 0 Å². The fourth-order valence-corrected chi connectivity index (χ4v) is 5.70. The van der Waals surface area contributed by atoms with Gasteiger partial charge in [0.05, 0.1) is 6.61 Å². The van der Waals surface area contributed by atoms with Gasteiger partial charge in [-0.15, -0.1) is 0 Å². The van der Waals surface area contributed by atoms with Crippen LogP contribution < -0.4 is 10.1 Å². The SMILES string of the molecule is CCCCC(=O)N[C@H]1CC[C@H](CCN2CCC(c3cccc4c3CCO4)CC2)CC1. The van der Waals surface area contributed by atoms with Gasteiger partial charge in [-0.3, -0.25) is 4.79 Å². The molecule has 1 N–H and O–H groups in total. The second-order valence-electron chi connectivity index (χ2n) is 9.72. The normalized spacial score (nSPS) is 25.0. The zero-order valence-corrected chi connectivity index (χ0v) is 18.8. The topological polar surface area (TPSA) is 41.6 Å². The van der Waals surface area contributed by atoms with Gasteiger partial charge in [0.25, 0.3) is 0 Å². The Morgan fingerprint density at radius 1 is 1.13 bits per heavy atom. The minimum Gasteiger partial charge on any atom is -0.493 e. The Morgan fingerprint density at radius 3 is 2.70 bits per heavy atom. The number of fused-ring (bicyclic) bond motifs is 1. The van der Waals surface area contributed by atoms with Crippen LogP contribution in [-0.2, 0) is 11.2 Å². The molecule has 4 nitrogen and oxygen atoms in total. The molecule has 3 aliphatic rings. The molecule has 1 aliphatic carbocycles. The highest BCUT2D eigenvalue weighted by Crippen LogP contribution is 2.37. The van der Waals surface area contributed by atoms with Crippen LogP contribution in [0.2, 0.25) is 0 Å². The fourth-order valence-electron chi connectivity index (χ4n) is 5.70. The smallest absolute Gasteiger partial charge is 0.220 e. The summed E-state index contributed by atoms with van der Waals surface area (Å²) in [5.41, 5.74) is 3.04.